The zero-order chi connectivity index (χ0) is 14.3. The van der Waals surface area contributed by atoms with Crippen LogP contribution in [0.4, 0.5) is 0 Å². The van der Waals surface area contributed by atoms with Crippen molar-refractivity contribution in [2.24, 2.45) is 5.73 Å². The summed E-state index contributed by atoms with van der Waals surface area (Å²) in [5.41, 5.74) is 6.81. The second kappa shape index (κ2) is 9.34. The van der Waals surface area contributed by atoms with Gasteiger partial charge < -0.3 is 16.0 Å². The number of hydrogen-bond acceptors (Lipinski definition) is 3. The first-order chi connectivity index (χ1) is 9.04. The van der Waals surface area contributed by atoms with Gasteiger partial charge in [-0.05, 0) is 18.9 Å². The van der Waals surface area contributed by atoms with Crippen LogP contribution in [-0.4, -0.2) is 42.9 Å². The highest BCUT2D eigenvalue weighted by molar-refractivity contribution is 5.87. The summed E-state index contributed by atoms with van der Waals surface area (Å²) in [5, 5.41) is 2.56. The van der Waals surface area contributed by atoms with E-state index in [1.54, 1.807) is 11.9 Å². The topological polar surface area (TPSA) is 75.4 Å². The molecule has 0 saturated heterocycles. The molecule has 0 bridgehead atoms. The smallest absolute Gasteiger partial charge is 0.241 e. The largest absolute Gasteiger partial charge is 0.346 e. The van der Waals surface area contributed by atoms with Crippen LogP contribution in [0.15, 0.2) is 30.3 Å². The van der Waals surface area contributed by atoms with Gasteiger partial charge in [0.25, 0.3) is 0 Å². The molecule has 0 spiro atoms. The van der Waals surface area contributed by atoms with Gasteiger partial charge in [0.2, 0.25) is 11.8 Å². The van der Waals surface area contributed by atoms with E-state index in [0.29, 0.717) is 13.0 Å². The van der Waals surface area contributed by atoms with Gasteiger partial charge in [-0.25, -0.2) is 0 Å². The van der Waals surface area contributed by atoms with Gasteiger partial charge in [0, 0.05) is 13.6 Å². The van der Waals surface area contributed by atoms with Crippen LogP contribution in [0.3, 0.4) is 0 Å². The average Bonchev–Trinajstić information content (AvgIpc) is 2.44. The lowest BCUT2D eigenvalue weighted by Gasteiger charge is -2.16. The third kappa shape index (κ3) is 6.04. The lowest BCUT2D eigenvalue weighted by Crippen LogP contribution is -2.46. The Bertz CT molecular complexity index is 426. The molecule has 0 saturated carbocycles. The van der Waals surface area contributed by atoms with E-state index in [1.807, 2.05) is 37.3 Å². The SMILES string of the molecule is CCN(C)C(=O)CNC(=O)C(N)Cc1ccccc1.Cl. The Kier molecular flexibility index (Phi) is 8.59. The van der Waals surface area contributed by atoms with Crippen LogP contribution >= 0.6 is 12.4 Å². The van der Waals surface area contributed by atoms with Gasteiger partial charge in [-0.3, -0.25) is 9.59 Å². The van der Waals surface area contributed by atoms with E-state index in [1.165, 1.54) is 0 Å². The summed E-state index contributed by atoms with van der Waals surface area (Å²) in [7, 11) is 1.69. The highest BCUT2D eigenvalue weighted by Crippen LogP contribution is 2.01. The van der Waals surface area contributed by atoms with E-state index < -0.39 is 6.04 Å². The third-order valence-corrected chi connectivity index (χ3v) is 2.95. The number of rotatable bonds is 6. The van der Waals surface area contributed by atoms with Crippen molar-refractivity contribution < 1.29 is 9.59 Å². The molecule has 0 aliphatic rings. The number of halogens is 1. The molecule has 0 heterocycles. The van der Waals surface area contributed by atoms with Gasteiger partial charge in [-0.15, -0.1) is 12.4 Å². The van der Waals surface area contributed by atoms with Crippen molar-refractivity contribution in [3.63, 3.8) is 0 Å². The number of nitrogens with zero attached hydrogens (tertiary/aromatic N) is 1. The first kappa shape index (κ1) is 18.4. The molecule has 1 aromatic rings. The molecule has 1 rings (SSSR count). The summed E-state index contributed by atoms with van der Waals surface area (Å²) >= 11 is 0. The summed E-state index contributed by atoms with van der Waals surface area (Å²) in [6.45, 7) is 2.48. The second-order valence-corrected chi connectivity index (χ2v) is 4.42. The number of carbonyl (C=O) groups excluding carboxylic acids is 2. The minimum atomic E-state index is -0.637. The summed E-state index contributed by atoms with van der Waals surface area (Å²) in [6.07, 6.45) is 0.463. The van der Waals surface area contributed by atoms with Crippen LogP contribution < -0.4 is 11.1 Å². The van der Waals surface area contributed by atoms with E-state index in [-0.39, 0.29) is 30.8 Å². The molecule has 112 valence electrons. The molecule has 2 amide bonds. The second-order valence-electron chi connectivity index (χ2n) is 4.42. The van der Waals surface area contributed by atoms with Gasteiger partial charge in [-0.1, -0.05) is 30.3 Å². The fraction of sp³-hybridized carbons (Fsp3) is 0.429. The number of benzene rings is 1. The number of hydrogen-bond donors (Lipinski definition) is 2. The predicted molar refractivity (Wildman–Crippen MR) is 81.7 cm³/mol. The van der Waals surface area contributed by atoms with Crippen molar-refractivity contribution in [1.82, 2.24) is 10.2 Å². The molecule has 0 aliphatic heterocycles. The van der Waals surface area contributed by atoms with Crippen molar-refractivity contribution in [3.05, 3.63) is 35.9 Å². The fourth-order valence-corrected chi connectivity index (χ4v) is 1.57. The predicted octanol–water partition coefficient (Wildman–Crippen LogP) is 0.573. The molecule has 20 heavy (non-hydrogen) atoms. The Labute approximate surface area is 125 Å². The third-order valence-electron chi connectivity index (χ3n) is 2.95. The van der Waals surface area contributed by atoms with Gasteiger partial charge in [0.15, 0.2) is 0 Å². The van der Waals surface area contributed by atoms with Crippen LogP contribution in [-0.2, 0) is 16.0 Å². The Morgan fingerprint density at radius 3 is 2.45 bits per heavy atom. The van der Waals surface area contributed by atoms with Gasteiger partial charge in [0.05, 0.1) is 12.6 Å². The zero-order valence-corrected chi connectivity index (χ0v) is 12.7. The molecule has 0 aliphatic carbocycles. The minimum absolute atomic E-state index is 0. The van der Waals surface area contributed by atoms with E-state index in [4.69, 9.17) is 5.73 Å². The van der Waals surface area contributed by atoms with Crippen LogP contribution in [0, 0.1) is 0 Å². The molecule has 0 radical (unpaired) electrons. The maximum Gasteiger partial charge on any atom is 0.241 e. The molecule has 5 nitrogen and oxygen atoms in total. The van der Waals surface area contributed by atoms with Crippen molar-refractivity contribution >= 4 is 24.2 Å². The number of amides is 2. The molecule has 3 N–H and O–H groups in total. The first-order valence-corrected chi connectivity index (χ1v) is 6.35. The molecule has 0 aromatic heterocycles. The van der Waals surface area contributed by atoms with Crippen LogP contribution in [0.5, 0.6) is 0 Å². The van der Waals surface area contributed by atoms with Gasteiger partial charge >= 0.3 is 0 Å². The van der Waals surface area contributed by atoms with Crippen molar-refractivity contribution in [2.45, 2.75) is 19.4 Å². The number of nitrogens with two attached hydrogens (primary N) is 1. The van der Waals surface area contributed by atoms with E-state index in [9.17, 15) is 9.59 Å². The molecular formula is C14H22ClN3O2. The van der Waals surface area contributed by atoms with Crippen molar-refractivity contribution in [3.8, 4) is 0 Å². The molecule has 1 unspecified atom stereocenters. The Hall–Kier alpha value is -1.59. The van der Waals surface area contributed by atoms with Crippen LogP contribution in [0.25, 0.3) is 0 Å². The molecule has 1 atom stereocenters. The van der Waals surface area contributed by atoms with E-state index in [0.717, 1.165) is 5.56 Å². The monoisotopic (exact) mass is 299 g/mol. The molecule has 1 aromatic carbocycles. The summed E-state index contributed by atoms with van der Waals surface area (Å²) < 4.78 is 0. The average molecular weight is 300 g/mol. The maximum absolute atomic E-state index is 11.8. The first-order valence-electron chi connectivity index (χ1n) is 6.35. The Morgan fingerprint density at radius 2 is 1.90 bits per heavy atom. The fourth-order valence-electron chi connectivity index (χ4n) is 1.57. The van der Waals surface area contributed by atoms with Gasteiger partial charge in [-0.2, -0.15) is 0 Å². The Balaban J connectivity index is 0.00000361. The highest BCUT2D eigenvalue weighted by atomic mass is 35.5. The van der Waals surface area contributed by atoms with Crippen LogP contribution in [0.2, 0.25) is 0 Å². The molecular weight excluding hydrogens is 278 g/mol. The molecule has 0 fully saturated rings. The maximum atomic E-state index is 11.8. The van der Waals surface area contributed by atoms with E-state index in [2.05, 4.69) is 5.32 Å². The van der Waals surface area contributed by atoms with E-state index >= 15 is 0 Å². The highest BCUT2D eigenvalue weighted by Gasteiger charge is 2.15. The van der Waals surface area contributed by atoms with Crippen LogP contribution in [0.1, 0.15) is 12.5 Å². The Morgan fingerprint density at radius 1 is 1.30 bits per heavy atom. The quantitative estimate of drug-likeness (QED) is 0.806. The lowest BCUT2D eigenvalue weighted by atomic mass is 10.1. The number of nitrogens with one attached hydrogen (secondary N) is 1. The van der Waals surface area contributed by atoms with Gasteiger partial charge in [0.1, 0.15) is 0 Å². The zero-order valence-electron chi connectivity index (χ0n) is 11.8. The normalized spacial score (nSPS) is 11.2. The lowest BCUT2D eigenvalue weighted by molar-refractivity contribution is -0.132. The van der Waals surface area contributed by atoms with Crippen molar-refractivity contribution in [2.75, 3.05) is 20.1 Å². The number of likely N-dealkylation sites (N-methyl/N-ethyl adjacent to an activating group) is 1. The minimum Gasteiger partial charge on any atom is -0.346 e. The van der Waals surface area contributed by atoms with Crippen molar-refractivity contribution in [1.29, 1.82) is 0 Å². The molecule has 6 heteroatoms. The number of carbonyl (C=O) groups is 2. The summed E-state index contributed by atoms with van der Waals surface area (Å²) in [5.74, 6) is -0.426. The summed E-state index contributed by atoms with van der Waals surface area (Å²) in [6, 6.07) is 8.92. The standard InChI is InChI=1S/C14H21N3O2.ClH/c1-3-17(2)13(18)10-16-14(19)12(15)9-11-7-5-4-6-8-11;/h4-8,12H,3,9-10,15H2,1-2H3,(H,16,19);1H. The summed E-state index contributed by atoms with van der Waals surface area (Å²) in [4.78, 5) is 24.8.